The van der Waals surface area contributed by atoms with E-state index < -0.39 is 17.0 Å². The molecule has 2 atom stereocenters. The highest BCUT2D eigenvalue weighted by atomic mass is 19.2. The van der Waals surface area contributed by atoms with Gasteiger partial charge >= 0.3 is 0 Å². The molecule has 0 bridgehead atoms. The fourth-order valence-electron chi connectivity index (χ4n) is 3.43. The van der Waals surface area contributed by atoms with Crippen molar-refractivity contribution in [3.63, 3.8) is 0 Å². The van der Waals surface area contributed by atoms with Gasteiger partial charge in [0.05, 0.1) is 0 Å². The number of rotatable bonds is 4. The van der Waals surface area contributed by atoms with Gasteiger partial charge in [-0.25, -0.2) is 8.78 Å². The van der Waals surface area contributed by atoms with Crippen LogP contribution in [0.15, 0.2) is 36.4 Å². The van der Waals surface area contributed by atoms with E-state index in [2.05, 4.69) is 38.1 Å². The summed E-state index contributed by atoms with van der Waals surface area (Å²) in [6.45, 7) is 9.92. The van der Waals surface area contributed by atoms with Crippen molar-refractivity contribution in [2.75, 3.05) is 0 Å². The lowest BCUT2D eigenvalue weighted by Gasteiger charge is -2.24. The summed E-state index contributed by atoms with van der Waals surface area (Å²) >= 11 is 0. The summed E-state index contributed by atoms with van der Waals surface area (Å²) in [5.74, 6) is -1.18. The van der Waals surface area contributed by atoms with Crippen molar-refractivity contribution in [3.8, 4) is 5.75 Å². The van der Waals surface area contributed by atoms with Crippen LogP contribution in [-0.4, -0.2) is 6.10 Å². The van der Waals surface area contributed by atoms with Gasteiger partial charge in [0.2, 0.25) is 0 Å². The number of aryl methyl sites for hydroxylation is 1. The van der Waals surface area contributed by atoms with E-state index in [4.69, 9.17) is 4.74 Å². The average Bonchev–Trinajstić information content (AvgIpc) is 3.21. The molecule has 0 radical (unpaired) electrons. The Hall–Kier alpha value is -1.90. The Bertz CT molecular complexity index is 791. The Labute approximate surface area is 149 Å². The van der Waals surface area contributed by atoms with Gasteiger partial charge < -0.3 is 4.74 Å². The van der Waals surface area contributed by atoms with E-state index in [0.717, 1.165) is 18.9 Å². The van der Waals surface area contributed by atoms with Gasteiger partial charge in [-0.15, -0.1) is 0 Å². The molecule has 25 heavy (non-hydrogen) atoms. The van der Waals surface area contributed by atoms with Crippen molar-refractivity contribution in [1.29, 1.82) is 0 Å². The van der Waals surface area contributed by atoms with E-state index in [0.29, 0.717) is 11.3 Å². The summed E-state index contributed by atoms with van der Waals surface area (Å²) in [7, 11) is 0. The van der Waals surface area contributed by atoms with Gasteiger partial charge in [0.25, 0.3) is 0 Å². The molecule has 0 saturated heterocycles. The second kappa shape index (κ2) is 6.12. The molecule has 3 rings (SSSR count). The molecule has 1 aliphatic carbocycles. The van der Waals surface area contributed by atoms with Crippen LogP contribution in [0.4, 0.5) is 8.78 Å². The predicted molar refractivity (Wildman–Crippen MR) is 97.3 cm³/mol. The van der Waals surface area contributed by atoms with Crippen LogP contribution in [0.3, 0.4) is 0 Å². The molecule has 0 N–H and O–H groups in total. The van der Waals surface area contributed by atoms with Crippen LogP contribution in [0.1, 0.15) is 57.7 Å². The van der Waals surface area contributed by atoms with Gasteiger partial charge in [-0.2, -0.15) is 0 Å². The van der Waals surface area contributed by atoms with Crippen molar-refractivity contribution in [2.24, 2.45) is 0 Å². The molecule has 1 saturated carbocycles. The van der Waals surface area contributed by atoms with Gasteiger partial charge in [-0.1, -0.05) is 58.9 Å². The van der Waals surface area contributed by atoms with Crippen LogP contribution in [0.25, 0.3) is 0 Å². The third-order valence-electron chi connectivity index (χ3n) is 5.23. The van der Waals surface area contributed by atoms with E-state index >= 15 is 0 Å². The first-order valence-corrected chi connectivity index (χ1v) is 8.91. The second-order valence-electron chi connectivity index (χ2n) is 8.27. The largest absolute Gasteiger partial charge is 0.489 e. The molecule has 0 aromatic heterocycles. The Morgan fingerprint density at radius 2 is 1.88 bits per heavy atom. The maximum absolute atomic E-state index is 14.4. The first-order valence-electron chi connectivity index (χ1n) is 8.91. The lowest BCUT2D eigenvalue weighted by Crippen LogP contribution is -2.19. The topological polar surface area (TPSA) is 9.23 Å². The maximum atomic E-state index is 14.4. The second-order valence-corrected chi connectivity index (χ2v) is 8.27. The van der Waals surface area contributed by atoms with Gasteiger partial charge in [-0.05, 0) is 41.5 Å². The molecular weight excluding hydrogens is 318 g/mol. The lowest BCUT2D eigenvalue weighted by atomic mass is 9.85. The minimum absolute atomic E-state index is 0.0226. The minimum atomic E-state index is -0.827. The summed E-state index contributed by atoms with van der Waals surface area (Å²) in [5.41, 5.74) is 2.24. The van der Waals surface area contributed by atoms with Gasteiger partial charge in [-0.3, -0.25) is 0 Å². The first kappa shape index (κ1) is 17.9. The number of benzene rings is 2. The molecule has 0 aliphatic heterocycles. The van der Waals surface area contributed by atoms with Gasteiger partial charge in [0, 0.05) is 11.0 Å². The number of hydrogen-bond donors (Lipinski definition) is 0. The Kier molecular flexibility index (Phi) is 4.38. The van der Waals surface area contributed by atoms with Crippen molar-refractivity contribution >= 4 is 0 Å². The summed E-state index contributed by atoms with van der Waals surface area (Å²) in [4.78, 5) is 0. The number of halogens is 2. The molecule has 3 heteroatoms. The van der Waals surface area contributed by atoms with Crippen molar-refractivity contribution < 1.29 is 13.5 Å². The molecule has 2 aromatic rings. The zero-order valence-corrected chi connectivity index (χ0v) is 15.6. The molecule has 2 unspecified atom stereocenters. The normalized spacial score (nSPS) is 22.8. The van der Waals surface area contributed by atoms with Crippen LogP contribution in [0.5, 0.6) is 5.75 Å². The number of hydrogen-bond acceptors (Lipinski definition) is 1. The summed E-state index contributed by atoms with van der Waals surface area (Å²) in [5, 5.41) is 0. The Morgan fingerprint density at radius 3 is 2.52 bits per heavy atom. The zero-order chi connectivity index (χ0) is 18.4. The van der Waals surface area contributed by atoms with Gasteiger partial charge in [0.1, 0.15) is 11.9 Å². The van der Waals surface area contributed by atoms with Crippen molar-refractivity contribution in [1.82, 2.24) is 0 Å². The van der Waals surface area contributed by atoms with Crippen LogP contribution in [-0.2, 0) is 17.3 Å². The maximum Gasteiger partial charge on any atom is 0.166 e. The molecule has 2 aromatic carbocycles. The Balaban J connectivity index is 1.89. The first-order chi connectivity index (χ1) is 11.7. The van der Waals surface area contributed by atoms with E-state index in [1.165, 1.54) is 11.1 Å². The molecule has 134 valence electrons. The molecule has 1 fully saturated rings. The van der Waals surface area contributed by atoms with Gasteiger partial charge in [0.15, 0.2) is 11.6 Å². The van der Waals surface area contributed by atoms with Crippen LogP contribution in [0.2, 0.25) is 0 Å². The molecule has 0 spiro atoms. The summed E-state index contributed by atoms with van der Waals surface area (Å²) < 4.78 is 34.3. The van der Waals surface area contributed by atoms with Crippen molar-refractivity contribution in [3.05, 3.63) is 64.7 Å². The molecule has 1 aliphatic rings. The third kappa shape index (κ3) is 3.29. The van der Waals surface area contributed by atoms with Crippen LogP contribution in [0, 0.1) is 11.6 Å². The highest BCUT2D eigenvalue weighted by Crippen LogP contribution is 2.51. The Morgan fingerprint density at radius 1 is 1.16 bits per heavy atom. The minimum Gasteiger partial charge on any atom is -0.489 e. The smallest absolute Gasteiger partial charge is 0.166 e. The van der Waals surface area contributed by atoms with E-state index in [1.807, 2.05) is 20.8 Å². The quantitative estimate of drug-likeness (QED) is 0.667. The fraction of sp³-hybridized carbons (Fsp3) is 0.455. The summed E-state index contributed by atoms with van der Waals surface area (Å²) in [6.07, 6.45) is 1.85. The molecule has 0 heterocycles. The zero-order valence-electron chi connectivity index (χ0n) is 15.6. The monoisotopic (exact) mass is 344 g/mol. The average molecular weight is 344 g/mol. The van der Waals surface area contributed by atoms with Crippen LogP contribution >= 0.6 is 0 Å². The highest BCUT2D eigenvalue weighted by molar-refractivity contribution is 5.43. The van der Waals surface area contributed by atoms with E-state index in [1.54, 1.807) is 6.07 Å². The summed E-state index contributed by atoms with van der Waals surface area (Å²) in [6, 6.07) is 11.3. The molecule has 0 amide bonds. The SMILES string of the molecule is CCc1cccc(C2(C)CC2Oc2ccc(F)c(F)c2C(C)(C)C)c1. The fourth-order valence-corrected chi connectivity index (χ4v) is 3.43. The number of ether oxygens (including phenoxy) is 1. The predicted octanol–water partition coefficient (Wildman–Crippen LogP) is 5.93. The van der Waals surface area contributed by atoms with Crippen molar-refractivity contribution in [2.45, 2.75) is 64.4 Å². The van der Waals surface area contributed by atoms with E-state index in [9.17, 15) is 8.78 Å². The molecular formula is C22H26F2O. The van der Waals surface area contributed by atoms with E-state index in [-0.39, 0.29) is 11.5 Å². The third-order valence-corrected chi connectivity index (χ3v) is 5.23. The standard InChI is InChI=1S/C22H26F2O/c1-6-14-8-7-9-15(12-14)22(5)13-18(22)25-17-11-10-16(23)20(24)19(17)21(2,3)4/h7-12,18H,6,13H2,1-5H3. The highest BCUT2D eigenvalue weighted by Gasteiger charge is 2.54. The van der Waals surface area contributed by atoms with Crippen LogP contribution < -0.4 is 4.74 Å². The lowest BCUT2D eigenvalue weighted by molar-refractivity contribution is 0.266. The molecule has 1 nitrogen and oxygen atoms in total.